The molecule has 61 heavy (non-hydrogen) atoms. The molecule has 0 amide bonds. The van der Waals surface area contributed by atoms with Crippen molar-refractivity contribution in [1.29, 1.82) is 0 Å². The quantitative estimate of drug-likeness (QED) is 0.0865. The predicted molar refractivity (Wildman–Crippen MR) is 245 cm³/mol. The molecule has 3 aliphatic heterocycles. The monoisotopic (exact) mass is 886 g/mol. The normalized spacial score (nSPS) is 18.6. The second kappa shape index (κ2) is 23.8. The molecule has 0 saturated carbocycles. The van der Waals surface area contributed by atoms with E-state index in [2.05, 4.69) is 38.4 Å². The summed E-state index contributed by atoms with van der Waals surface area (Å²) in [5.74, 6) is -3.05. The summed E-state index contributed by atoms with van der Waals surface area (Å²) in [6.45, 7) is 13.5. The van der Waals surface area contributed by atoms with Gasteiger partial charge in [-0.05, 0) is 82.1 Å². The van der Waals surface area contributed by atoms with Crippen LogP contribution in [0.1, 0.15) is 129 Å². The van der Waals surface area contributed by atoms with E-state index in [0.717, 1.165) is 70.9 Å². The van der Waals surface area contributed by atoms with E-state index in [4.69, 9.17) is 4.74 Å². The Hall–Kier alpha value is -2.71. The fourth-order valence-corrected chi connectivity index (χ4v) is 11.8. The highest BCUT2D eigenvalue weighted by Gasteiger charge is 2.35. The molecular formula is C48H73F2N5O4S2. The molecule has 1 unspecified atom stereocenters. The van der Waals surface area contributed by atoms with Crippen LogP contribution in [0.3, 0.4) is 0 Å². The fraction of sp³-hybridized carbons (Fsp3) is 0.688. The predicted octanol–water partition coefficient (Wildman–Crippen LogP) is 10.0. The van der Waals surface area contributed by atoms with Crippen molar-refractivity contribution in [1.82, 2.24) is 19.7 Å². The highest BCUT2D eigenvalue weighted by Crippen LogP contribution is 2.40. The van der Waals surface area contributed by atoms with Crippen LogP contribution in [0.15, 0.2) is 51.2 Å². The molecule has 0 bridgehead atoms. The van der Waals surface area contributed by atoms with E-state index in [1.54, 1.807) is 24.5 Å². The smallest absolute Gasteiger partial charge is 0.213 e. The molecule has 3 aromatic rings. The first-order valence-corrected chi connectivity index (χ1v) is 26.7. The largest absolute Gasteiger partial charge is 0.490 e. The van der Waals surface area contributed by atoms with Gasteiger partial charge in [0.05, 0.1) is 17.8 Å². The first-order chi connectivity index (χ1) is 29.6. The first kappa shape index (κ1) is 47.8. The molecule has 6 rings (SSSR count). The third-order valence-corrected chi connectivity index (χ3v) is 16.3. The van der Waals surface area contributed by atoms with Crippen LogP contribution in [-0.2, 0) is 20.6 Å². The number of pyridine rings is 1. The molecule has 340 valence electrons. The van der Waals surface area contributed by atoms with Crippen LogP contribution < -0.4 is 9.64 Å². The molecule has 3 aliphatic rings. The van der Waals surface area contributed by atoms with Gasteiger partial charge in [0.1, 0.15) is 9.79 Å². The molecule has 1 atom stereocenters. The van der Waals surface area contributed by atoms with Crippen LogP contribution in [0, 0.1) is 11.6 Å². The molecule has 2 aromatic carbocycles. The number of hydrogen-bond acceptors (Lipinski definition) is 9. The summed E-state index contributed by atoms with van der Waals surface area (Å²) in [7, 11) is -5.92. The molecular weight excluding hydrogens is 813 g/mol. The number of rotatable bonds is 23. The van der Waals surface area contributed by atoms with E-state index in [1.807, 2.05) is 0 Å². The van der Waals surface area contributed by atoms with Crippen molar-refractivity contribution in [3.05, 3.63) is 48.2 Å². The van der Waals surface area contributed by atoms with Crippen LogP contribution >= 0.6 is 0 Å². The molecule has 0 N–H and O–H groups in total. The standard InChI is InChI=1S/C48H73F2N5O4S2/c1-4-6-7-8-9-10-11-12-13-14-15-16-17-18-35-59-43-21-22-44(47(50)46(43)49)61(57,58)45-37-51-42-20-19-40(60(3)56)36-41(42)48(45)55-29-25-39(26-30-55)54-33-31-53(32-34-54)38-23-27-52(5-2)28-24-38/h19-22,36-39H,4-18,23-35H2,1-3H3. The second-order valence-electron chi connectivity index (χ2n) is 17.7. The first-order valence-electron chi connectivity index (χ1n) is 23.7. The molecule has 0 radical (unpaired) electrons. The summed E-state index contributed by atoms with van der Waals surface area (Å²) >= 11 is 0. The van der Waals surface area contributed by atoms with Crippen LogP contribution in [0.2, 0.25) is 0 Å². The second-order valence-corrected chi connectivity index (χ2v) is 21.0. The van der Waals surface area contributed by atoms with E-state index >= 15 is 8.78 Å². The maximum Gasteiger partial charge on any atom is 0.213 e. The highest BCUT2D eigenvalue weighted by molar-refractivity contribution is 7.91. The van der Waals surface area contributed by atoms with Gasteiger partial charge in [-0.2, -0.15) is 4.39 Å². The minimum absolute atomic E-state index is 0.186. The van der Waals surface area contributed by atoms with E-state index in [0.29, 0.717) is 53.1 Å². The summed E-state index contributed by atoms with van der Waals surface area (Å²) < 4.78 is 78.7. The zero-order chi connectivity index (χ0) is 43.2. The van der Waals surface area contributed by atoms with Crippen LogP contribution in [0.25, 0.3) is 10.9 Å². The number of halogens is 2. The van der Waals surface area contributed by atoms with E-state index in [9.17, 15) is 12.6 Å². The molecule has 3 fully saturated rings. The molecule has 0 spiro atoms. The van der Waals surface area contributed by atoms with Crippen molar-refractivity contribution in [2.75, 3.05) is 76.7 Å². The number of fused-ring (bicyclic) bond motifs is 1. The van der Waals surface area contributed by atoms with Crippen molar-refractivity contribution in [2.24, 2.45) is 0 Å². The Bertz CT molecular complexity index is 1960. The lowest BCUT2D eigenvalue weighted by molar-refractivity contribution is 0.0384. The van der Waals surface area contributed by atoms with Gasteiger partial charge in [-0.1, -0.05) is 97.3 Å². The van der Waals surface area contributed by atoms with Gasteiger partial charge >= 0.3 is 0 Å². The number of nitrogens with zero attached hydrogens (tertiary/aromatic N) is 5. The lowest BCUT2D eigenvalue weighted by atomic mass is 9.99. The minimum atomic E-state index is -4.59. The molecule has 4 heterocycles. The Morgan fingerprint density at radius 1 is 0.689 bits per heavy atom. The summed E-state index contributed by atoms with van der Waals surface area (Å²) in [5, 5.41) is 0.531. The van der Waals surface area contributed by atoms with Gasteiger partial charge in [0.15, 0.2) is 11.6 Å². The van der Waals surface area contributed by atoms with Crippen molar-refractivity contribution >= 4 is 37.2 Å². The number of piperidine rings is 2. The molecule has 9 nitrogen and oxygen atoms in total. The Kier molecular flexibility index (Phi) is 18.7. The van der Waals surface area contributed by atoms with Crippen molar-refractivity contribution in [3.63, 3.8) is 0 Å². The van der Waals surface area contributed by atoms with Gasteiger partial charge in [-0.3, -0.25) is 19.0 Å². The molecule has 1 aromatic heterocycles. The zero-order valence-corrected chi connectivity index (χ0v) is 39.0. The molecule has 0 aliphatic carbocycles. The topological polar surface area (TPSA) is 86.3 Å². The van der Waals surface area contributed by atoms with Gasteiger partial charge in [0.2, 0.25) is 15.7 Å². The van der Waals surface area contributed by atoms with Crippen LogP contribution in [0.4, 0.5) is 14.5 Å². The average Bonchev–Trinajstić information content (AvgIpc) is 3.28. The number of benzene rings is 2. The Morgan fingerprint density at radius 3 is 1.77 bits per heavy atom. The van der Waals surface area contributed by atoms with Crippen molar-refractivity contribution in [3.8, 4) is 5.75 Å². The maximum atomic E-state index is 15.9. The summed E-state index contributed by atoms with van der Waals surface area (Å²) in [6, 6.07) is 8.57. The Morgan fingerprint density at radius 2 is 1.23 bits per heavy atom. The number of ether oxygens (including phenoxy) is 1. The molecule has 3 saturated heterocycles. The lowest BCUT2D eigenvalue weighted by Crippen LogP contribution is -2.56. The van der Waals surface area contributed by atoms with E-state index < -0.39 is 37.2 Å². The van der Waals surface area contributed by atoms with Crippen LogP contribution in [0.5, 0.6) is 5.75 Å². The highest BCUT2D eigenvalue weighted by atomic mass is 32.2. The minimum Gasteiger partial charge on any atom is -0.490 e. The number of hydrogen-bond donors (Lipinski definition) is 0. The number of piperazine rings is 1. The van der Waals surface area contributed by atoms with E-state index in [1.165, 1.54) is 102 Å². The number of aromatic nitrogens is 1. The van der Waals surface area contributed by atoms with Crippen molar-refractivity contribution < 1.29 is 26.1 Å². The summed E-state index contributed by atoms with van der Waals surface area (Å²) in [6.07, 6.45) is 24.0. The van der Waals surface area contributed by atoms with Gasteiger partial charge < -0.3 is 14.5 Å². The number of sulfone groups is 1. The third kappa shape index (κ3) is 12.7. The summed E-state index contributed by atoms with van der Waals surface area (Å²) in [5.41, 5.74) is 0.946. The molecule has 13 heteroatoms. The van der Waals surface area contributed by atoms with Gasteiger partial charge in [-0.15, -0.1) is 0 Å². The summed E-state index contributed by atoms with van der Waals surface area (Å²) in [4.78, 5) is 13.9. The third-order valence-electron chi connectivity index (χ3n) is 13.6. The Labute approximate surface area is 368 Å². The maximum absolute atomic E-state index is 15.9. The SMILES string of the molecule is CCCCCCCCCCCCCCCCOc1ccc(S(=O)(=O)c2cnc3ccc(S(C)=O)cc3c2N2CCC(N3CCN(C4CCN(CC)CC4)CC3)CC2)c(F)c1F. The van der Waals surface area contributed by atoms with Crippen LogP contribution in [-0.4, -0.2) is 116 Å². The Balaban J connectivity index is 1.06. The number of anilines is 1. The van der Waals surface area contributed by atoms with Gasteiger partial charge in [0, 0.05) is 84.9 Å². The lowest BCUT2D eigenvalue weighted by Gasteiger charge is -2.46. The van der Waals surface area contributed by atoms with E-state index in [-0.39, 0.29) is 17.3 Å². The number of unbranched alkanes of at least 4 members (excludes halogenated alkanes) is 13. The van der Waals surface area contributed by atoms with Crippen molar-refractivity contribution in [2.45, 2.75) is 156 Å². The number of likely N-dealkylation sites (tertiary alicyclic amines) is 1. The fourth-order valence-electron chi connectivity index (χ4n) is 9.79. The van der Waals surface area contributed by atoms with Gasteiger partial charge in [0.25, 0.3) is 0 Å². The zero-order valence-electron chi connectivity index (χ0n) is 37.4. The average molecular weight is 886 g/mol. The van der Waals surface area contributed by atoms with Gasteiger partial charge in [-0.25, -0.2) is 12.8 Å².